The van der Waals surface area contributed by atoms with Crippen LogP contribution in [-0.4, -0.2) is 65.0 Å². The number of ether oxygens (including phenoxy) is 1. The van der Waals surface area contributed by atoms with E-state index in [9.17, 15) is 10.2 Å². The van der Waals surface area contributed by atoms with E-state index in [0.29, 0.717) is 0 Å². The van der Waals surface area contributed by atoms with Gasteiger partial charge in [-0.15, -0.1) is 0 Å². The molecule has 1 fully saturated rings. The SMILES string of the molecule is OC[C@H]1OC(n2cnc3c(NO)nc(Cl)nc32)[C@H](O)[C@@H]1O. The maximum absolute atomic E-state index is 10.0. The fourth-order valence-corrected chi connectivity index (χ4v) is 2.43. The lowest BCUT2D eigenvalue weighted by molar-refractivity contribution is -0.0511. The lowest BCUT2D eigenvalue weighted by Gasteiger charge is -2.16. The highest BCUT2D eigenvalue weighted by atomic mass is 35.5. The topological polar surface area (TPSA) is 146 Å². The van der Waals surface area contributed by atoms with Crippen LogP contribution in [0.4, 0.5) is 5.82 Å². The van der Waals surface area contributed by atoms with Crippen molar-refractivity contribution in [2.24, 2.45) is 0 Å². The molecule has 0 radical (unpaired) electrons. The van der Waals surface area contributed by atoms with Gasteiger partial charge in [0.2, 0.25) is 5.28 Å². The molecule has 0 aromatic carbocycles. The molecule has 4 atom stereocenters. The van der Waals surface area contributed by atoms with E-state index in [-0.39, 0.29) is 22.3 Å². The maximum Gasteiger partial charge on any atom is 0.226 e. The Balaban J connectivity index is 2.07. The molecule has 1 aliphatic heterocycles. The summed E-state index contributed by atoms with van der Waals surface area (Å²) in [7, 11) is 0. The van der Waals surface area contributed by atoms with Gasteiger partial charge in [-0.1, -0.05) is 0 Å². The zero-order valence-electron chi connectivity index (χ0n) is 10.5. The summed E-state index contributed by atoms with van der Waals surface area (Å²) in [6, 6.07) is 0. The van der Waals surface area contributed by atoms with Crippen LogP contribution in [0, 0.1) is 0 Å². The Morgan fingerprint density at radius 1 is 1.33 bits per heavy atom. The van der Waals surface area contributed by atoms with Gasteiger partial charge in [-0.25, -0.2) is 4.98 Å². The zero-order chi connectivity index (χ0) is 15.1. The number of hydrogen-bond acceptors (Lipinski definition) is 9. The number of nitrogens with zero attached hydrogens (tertiary/aromatic N) is 4. The molecular weight excluding hydrogens is 306 g/mol. The molecule has 1 saturated heterocycles. The van der Waals surface area contributed by atoms with Crippen LogP contribution in [0.25, 0.3) is 11.2 Å². The van der Waals surface area contributed by atoms with Gasteiger partial charge in [0.1, 0.15) is 18.3 Å². The number of aliphatic hydroxyl groups excluding tert-OH is 3. The largest absolute Gasteiger partial charge is 0.394 e. The third kappa shape index (κ3) is 2.21. The van der Waals surface area contributed by atoms with E-state index >= 15 is 0 Å². The van der Waals surface area contributed by atoms with Crippen molar-refractivity contribution in [1.29, 1.82) is 0 Å². The third-order valence-corrected chi connectivity index (χ3v) is 3.46. The van der Waals surface area contributed by atoms with Crippen molar-refractivity contribution in [3.05, 3.63) is 11.6 Å². The van der Waals surface area contributed by atoms with E-state index in [1.54, 1.807) is 0 Å². The number of rotatable bonds is 3. The molecule has 2 aromatic heterocycles. The van der Waals surface area contributed by atoms with Crippen molar-refractivity contribution in [1.82, 2.24) is 19.5 Å². The Morgan fingerprint density at radius 2 is 2.10 bits per heavy atom. The summed E-state index contributed by atoms with van der Waals surface area (Å²) in [5.74, 6) is -0.00417. The summed E-state index contributed by atoms with van der Waals surface area (Å²) in [5.41, 5.74) is 2.25. The Morgan fingerprint density at radius 3 is 2.71 bits per heavy atom. The quantitative estimate of drug-likeness (QED) is 0.351. The Bertz CT molecular complexity index is 667. The highest BCUT2D eigenvalue weighted by molar-refractivity contribution is 6.28. The van der Waals surface area contributed by atoms with Gasteiger partial charge in [0.05, 0.1) is 12.9 Å². The molecule has 1 unspecified atom stereocenters. The number of aromatic nitrogens is 4. The fourth-order valence-electron chi connectivity index (χ4n) is 2.26. The second kappa shape index (κ2) is 5.33. The van der Waals surface area contributed by atoms with Crippen LogP contribution in [0.3, 0.4) is 0 Å². The number of fused-ring (bicyclic) bond motifs is 1. The van der Waals surface area contributed by atoms with E-state index in [0.717, 1.165) is 0 Å². The fraction of sp³-hybridized carbons (Fsp3) is 0.500. The molecule has 114 valence electrons. The molecule has 0 saturated carbocycles. The maximum atomic E-state index is 10.0. The van der Waals surface area contributed by atoms with Crippen LogP contribution >= 0.6 is 11.6 Å². The predicted octanol–water partition coefficient (Wildman–Crippen LogP) is -1.11. The molecular formula is C10H12ClN5O5. The van der Waals surface area contributed by atoms with Gasteiger partial charge in [-0.05, 0) is 11.6 Å². The molecule has 2 aromatic rings. The minimum Gasteiger partial charge on any atom is -0.394 e. The summed E-state index contributed by atoms with van der Waals surface area (Å²) in [5, 5.41) is 37.7. The van der Waals surface area contributed by atoms with Crippen molar-refractivity contribution >= 4 is 28.6 Å². The molecule has 3 rings (SSSR count). The minimum absolute atomic E-state index is 0.00417. The number of halogens is 1. The second-order valence-electron chi connectivity index (χ2n) is 4.51. The van der Waals surface area contributed by atoms with Gasteiger partial charge in [0.15, 0.2) is 23.2 Å². The summed E-state index contributed by atoms with van der Waals surface area (Å²) < 4.78 is 6.73. The normalized spacial score (nSPS) is 29.2. The summed E-state index contributed by atoms with van der Waals surface area (Å²) in [6.07, 6.45) is -3.14. The van der Waals surface area contributed by atoms with Crippen molar-refractivity contribution in [3.63, 3.8) is 0 Å². The number of hydrogen-bond donors (Lipinski definition) is 5. The van der Waals surface area contributed by atoms with Crippen LogP contribution in [0.2, 0.25) is 5.28 Å². The number of nitrogens with one attached hydrogen (secondary N) is 1. The predicted molar refractivity (Wildman–Crippen MR) is 68.8 cm³/mol. The first-order valence-corrected chi connectivity index (χ1v) is 6.37. The first-order valence-electron chi connectivity index (χ1n) is 5.99. The van der Waals surface area contributed by atoms with E-state index < -0.39 is 31.1 Å². The lowest BCUT2D eigenvalue weighted by atomic mass is 10.1. The van der Waals surface area contributed by atoms with Gasteiger partial charge < -0.3 is 20.1 Å². The number of aliphatic hydroxyl groups is 3. The smallest absolute Gasteiger partial charge is 0.226 e. The van der Waals surface area contributed by atoms with Gasteiger partial charge in [-0.2, -0.15) is 9.97 Å². The van der Waals surface area contributed by atoms with Gasteiger partial charge in [-0.3, -0.25) is 15.3 Å². The van der Waals surface area contributed by atoms with Crippen LogP contribution in [0.15, 0.2) is 6.33 Å². The van der Waals surface area contributed by atoms with Crippen LogP contribution in [0.5, 0.6) is 0 Å². The monoisotopic (exact) mass is 317 g/mol. The molecule has 0 bridgehead atoms. The van der Waals surface area contributed by atoms with Gasteiger partial charge in [0.25, 0.3) is 0 Å². The highest BCUT2D eigenvalue weighted by Gasteiger charge is 2.44. The average Bonchev–Trinajstić information content (AvgIpc) is 3.01. The molecule has 0 amide bonds. The first kappa shape index (κ1) is 14.4. The van der Waals surface area contributed by atoms with E-state index in [1.807, 2.05) is 5.48 Å². The standard InChI is InChI=1S/C10H12ClN5O5/c11-10-13-7(15-20)4-8(14-10)16(2-12-4)9-6(19)5(18)3(1-17)21-9/h2-3,5-6,9,17-20H,1H2,(H,13,14,15)/t3-,5-,6-,9?/m1/s1. The molecule has 0 aliphatic carbocycles. The van der Waals surface area contributed by atoms with Gasteiger partial charge >= 0.3 is 0 Å². The van der Waals surface area contributed by atoms with Gasteiger partial charge in [0, 0.05) is 0 Å². The first-order chi connectivity index (χ1) is 10.1. The lowest BCUT2D eigenvalue weighted by Crippen LogP contribution is -2.33. The van der Waals surface area contributed by atoms with Crippen molar-refractivity contribution in [3.8, 4) is 0 Å². The Kier molecular flexibility index (Phi) is 3.65. The van der Waals surface area contributed by atoms with Crippen molar-refractivity contribution < 1.29 is 25.3 Å². The molecule has 1 aliphatic rings. The van der Waals surface area contributed by atoms with E-state index in [2.05, 4.69) is 15.0 Å². The van der Waals surface area contributed by atoms with Crippen molar-refractivity contribution in [2.75, 3.05) is 12.1 Å². The molecule has 21 heavy (non-hydrogen) atoms. The van der Waals surface area contributed by atoms with E-state index in [1.165, 1.54) is 10.9 Å². The van der Waals surface area contributed by atoms with Crippen LogP contribution < -0.4 is 5.48 Å². The molecule has 0 spiro atoms. The molecule has 10 nitrogen and oxygen atoms in total. The highest BCUT2D eigenvalue weighted by Crippen LogP contribution is 2.32. The Hall–Kier alpha value is -1.56. The second-order valence-corrected chi connectivity index (χ2v) is 4.84. The molecule has 11 heteroatoms. The zero-order valence-corrected chi connectivity index (χ0v) is 11.2. The number of anilines is 1. The van der Waals surface area contributed by atoms with E-state index in [4.69, 9.17) is 26.7 Å². The summed E-state index contributed by atoms with van der Waals surface area (Å²) in [6.45, 7) is -0.444. The summed E-state index contributed by atoms with van der Waals surface area (Å²) >= 11 is 5.75. The van der Waals surface area contributed by atoms with Crippen molar-refractivity contribution in [2.45, 2.75) is 24.5 Å². The number of imidazole rings is 1. The minimum atomic E-state index is -1.28. The molecule has 3 heterocycles. The summed E-state index contributed by atoms with van der Waals surface area (Å²) in [4.78, 5) is 11.7. The average molecular weight is 318 g/mol. The van der Waals surface area contributed by atoms with Crippen LogP contribution in [-0.2, 0) is 4.74 Å². The van der Waals surface area contributed by atoms with Crippen LogP contribution in [0.1, 0.15) is 6.23 Å². The Labute approximate surface area is 122 Å². The third-order valence-electron chi connectivity index (χ3n) is 3.29. The molecule has 5 N–H and O–H groups in total.